The van der Waals surface area contributed by atoms with Crippen molar-refractivity contribution in [2.24, 2.45) is 0 Å². The Kier molecular flexibility index (Phi) is 2.63. The van der Waals surface area contributed by atoms with E-state index in [-0.39, 0.29) is 23.2 Å². The second-order valence-corrected chi connectivity index (χ2v) is 5.51. The first-order valence-electron chi connectivity index (χ1n) is 7.10. The number of hydrogen-bond acceptors (Lipinski definition) is 3. The molecule has 3 nitrogen and oxygen atoms in total. The quantitative estimate of drug-likeness (QED) is 0.497. The Morgan fingerprint density at radius 2 is 1.09 bits per heavy atom. The van der Waals surface area contributed by atoms with E-state index in [2.05, 4.69) is 0 Å². The van der Waals surface area contributed by atoms with Crippen LogP contribution >= 0.6 is 0 Å². The molecule has 0 aliphatic heterocycles. The largest absolute Gasteiger partial charge is 0.508 e. The smallest absolute Gasteiger partial charge is 0.127 e. The van der Waals surface area contributed by atoms with Crippen LogP contribution in [0, 0.1) is 0 Å². The first-order valence-corrected chi connectivity index (χ1v) is 7.10. The van der Waals surface area contributed by atoms with Gasteiger partial charge in [-0.2, -0.15) is 0 Å². The molecular weight excluding hydrogens is 276 g/mol. The summed E-state index contributed by atoms with van der Waals surface area (Å²) in [5, 5.41) is 30.1. The maximum Gasteiger partial charge on any atom is 0.127 e. The lowest BCUT2D eigenvalue weighted by Crippen LogP contribution is -2.00. The highest BCUT2D eigenvalue weighted by Gasteiger charge is 2.33. The monoisotopic (exact) mass is 290 g/mol. The van der Waals surface area contributed by atoms with Gasteiger partial charge in [0.2, 0.25) is 0 Å². The average Bonchev–Trinajstić information content (AvgIpc) is 2.82. The van der Waals surface area contributed by atoms with E-state index in [4.69, 9.17) is 0 Å². The lowest BCUT2D eigenvalue weighted by molar-refractivity contribution is 0.418. The van der Waals surface area contributed by atoms with Gasteiger partial charge in [0, 0.05) is 23.6 Å². The van der Waals surface area contributed by atoms with Crippen LogP contribution in [0.25, 0.3) is 11.1 Å². The van der Waals surface area contributed by atoms with Crippen molar-refractivity contribution in [2.45, 2.75) is 5.92 Å². The standard InChI is InChI=1S/C19H14O3/c20-11-9-16(21)19(17(22)10-11)18-14-7-3-1-5-12(14)13-6-2-4-8-15(13)18/h1-10,18,20-22H. The van der Waals surface area contributed by atoms with E-state index in [0.29, 0.717) is 5.56 Å². The second-order valence-electron chi connectivity index (χ2n) is 5.51. The highest BCUT2D eigenvalue weighted by molar-refractivity contribution is 5.81. The molecule has 0 fully saturated rings. The zero-order valence-electron chi connectivity index (χ0n) is 11.7. The van der Waals surface area contributed by atoms with Crippen LogP contribution in [0.2, 0.25) is 0 Å². The van der Waals surface area contributed by atoms with Crippen LogP contribution in [0.4, 0.5) is 0 Å². The summed E-state index contributed by atoms with van der Waals surface area (Å²) >= 11 is 0. The van der Waals surface area contributed by atoms with Gasteiger partial charge in [-0.15, -0.1) is 0 Å². The molecule has 0 spiro atoms. The number of phenolic OH excluding ortho intramolecular Hbond substituents is 3. The van der Waals surface area contributed by atoms with Crippen molar-refractivity contribution in [3.63, 3.8) is 0 Å². The molecule has 1 aliphatic rings. The van der Waals surface area contributed by atoms with Gasteiger partial charge in [0.25, 0.3) is 0 Å². The third-order valence-corrected chi connectivity index (χ3v) is 4.24. The third-order valence-electron chi connectivity index (χ3n) is 4.24. The van der Waals surface area contributed by atoms with Crippen LogP contribution in [0.3, 0.4) is 0 Å². The van der Waals surface area contributed by atoms with E-state index in [1.807, 2.05) is 48.5 Å². The van der Waals surface area contributed by atoms with E-state index in [0.717, 1.165) is 22.3 Å². The Morgan fingerprint density at radius 3 is 1.59 bits per heavy atom. The molecule has 0 aromatic heterocycles. The van der Waals surface area contributed by atoms with Crippen LogP contribution in [0.15, 0.2) is 60.7 Å². The van der Waals surface area contributed by atoms with Crippen LogP contribution in [0.5, 0.6) is 17.2 Å². The molecule has 3 heteroatoms. The minimum Gasteiger partial charge on any atom is -0.508 e. The topological polar surface area (TPSA) is 60.7 Å². The van der Waals surface area contributed by atoms with Gasteiger partial charge in [0.1, 0.15) is 17.2 Å². The summed E-state index contributed by atoms with van der Waals surface area (Å²) < 4.78 is 0. The van der Waals surface area contributed by atoms with E-state index in [1.165, 1.54) is 12.1 Å². The summed E-state index contributed by atoms with van der Waals surface area (Å²) in [7, 11) is 0. The molecule has 3 aromatic rings. The van der Waals surface area contributed by atoms with Crippen molar-refractivity contribution >= 4 is 0 Å². The maximum atomic E-state index is 10.3. The summed E-state index contributed by atoms with van der Waals surface area (Å²) in [6.07, 6.45) is 0. The van der Waals surface area contributed by atoms with E-state index < -0.39 is 0 Å². The molecule has 0 amide bonds. The molecule has 3 N–H and O–H groups in total. The van der Waals surface area contributed by atoms with Gasteiger partial charge in [0.15, 0.2) is 0 Å². The number of aromatic hydroxyl groups is 3. The van der Waals surface area contributed by atoms with Gasteiger partial charge >= 0.3 is 0 Å². The predicted molar refractivity (Wildman–Crippen MR) is 84.3 cm³/mol. The van der Waals surface area contributed by atoms with Gasteiger partial charge in [-0.1, -0.05) is 48.5 Å². The predicted octanol–water partition coefficient (Wildman–Crippen LogP) is 3.96. The lowest BCUT2D eigenvalue weighted by Gasteiger charge is -2.17. The lowest BCUT2D eigenvalue weighted by atomic mass is 9.88. The molecule has 0 bridgehead atoms. The fourth-order valence-electron chi connectivity index (χ4n) is 3.37. The molecule has 1 aliphatic carbocycles. The Labute approximate surface area is 127 Å². The number of rotatable bonds is 1. The fourth-order valence-corrected chi connectivity index (χ4v) is 3.37. The molecule has 0 saturated carbocycles. The molecule has 108 valence electrons. The van der Waals surface area contributed by atoms with Crippen molar-refractivity contribution in [2.75, 3.05) is 0 Å². The van der Waals surface area contributed by atoms with Crippen LogP contribution in [-0.2, 0) is 0 Å². The van der Waals surface area contributed by atoms with Crippen molar-refractivity contribution in [1.29, 1.82) is 0 Å². The molecule has 0 saturated heterocycles. The SMILES string of the molecule is Oc1cc(O)c(C2c3ccccc3-c3ccccc32)c(O)c1. The number of hydrogen-bond donors (Lipinski definition) is 3. The van der Waals surface area contributed by atoms with Gasteiger partial charge in [0.05, 0.1) is 0 Å². The number of phenols is 3. The van der Waals surface area contributed by atoms with Crippen molar-refractivity contribution in [3.8, 4) is 28.4 Å². The van der Waals surface area contributed by atoms with Crippen LogP contribution in [0.1, 0.15) is 22.6 Å². The summed E-state index contributed by atoms with van der Waals surface area (Å²) in [5.41, 5.74) is 4.72. The van der Waals surface area contributed by atoms with Gasteiger partial charge in [-0.3, -0.25) is 0 Å². The van der Waals surface area contributed by atoms with E-state index in [1.54, 1.807) is 0 Å². The summed E-state index contributed by atoms with van der Waals surface area (Å²) in [6.45, 7) is 0. The first-order chi connectivity index (χ1) is 10.7. The summed E-state index contributed by atoms with van der Waals surface area (Å²) in [4.78, 5) is 0. The molecule has 3 aromatic carbocycles. The van der Waals surface area contributed by atoms with E-state index in [9.17, 15) is 15.3 Å². The van der Waals surface area contributed by atoms with Crippen molar-refractivity contribution in [3.05, 3.63) is 77.4 Å². The number of fused-ring (bicyclic) bond motifs is 3. The van der Waals surface area contributed by atoms with Crippen LogP contribution in [-0.4, -0.2) is 15.3 Å². The van der Waals surface area contributed by atoms with E-state index >= 15 is 0 Å². The van der Waals surface area contributed by atoms with Gasteiger partial charge < -0.3 is 15.3 Å². The fraction of sp³-hybridized carbons (Fsp3) is 0.0526. The molecule has 0 atom stereocenters. The number of benzene rings is 3. The summed E-state index contributed by atoms with van der Waals surface area (Å²) in [5.74, 6) is -0.602. The highest BCUT2D eigenvalue weighted by atomic mass is 16.3. The Morgan fingerprint density at radius 1 is 0.636 bits per heavy atom. The average molecular weight is 290 g/mol. The Balaban J connectivity index is 2.04. The molecule has 0 unspecified atom stereocenters. The Hall–Kier alpha value is -2.94. The second kappa shape index (κ2) is 4.53. The van der Waals surface area contributed by atoms with Gasteiger partial charge in [-0.05, 0) is 22.3 Å². The minimum atomic E-state index is -0.243. The summed E-state index contributed by atoms with van der Waals surface area (Å²) in [6, 6.07) is 18.5. The first kappa shape index (κ1) is 12.8. The molecule has 4 rings (SSSR count). The third kappa shape index (κ3) is 1.69. The van der Waals surface area contributed by atoms with Crippen molar-refractivity contribution in [1.82, 2.24) is 0 Å². The molecule has 22 heavy (non-hydrogen) atoms. The normalized spacial score (nSPS) is 12.9. The zero-order valence-corrected chi connectivity index (χ0v) is 11.7. The Bertz CT molecular complexity index is 815. The molecular formula is C19H14O3. The molecule has 0 heterocycles. The van der Waals surface area contributed by atoms with Gasteiger partial charge in [-0.25, -0.2) is 0 Å². The maximum absolute atomic E-state index is 10.3. The van der Waals surface area contributed by atoms with Crippen LogP contribution < -0.4 is 0 Å². The molecule has 0 radical (unpaired) electrons. The zero-order chi connectivity index (χ0) is 15.3. The van der Waals surface area contributed by atoms with Crippen molar-refractivity contribution < 1.29 is 15.3 Å². The minimum absolute atomic E-state index is 0.103. The highest BCUT2D eigenvalue weighted by Crippen LogP contribution is 2.52.